The molecular weight excluding hydrogens is 320 g/mol. The monoisotopic (exact) mass is 327 g/mol. The molecule has 0 fully saturated rings. The summed E-state index contributed by atoms with van der Waals surface area (Å²) in [6.07, 6.45) is 1.06. The molecule has 0 saturated carbocycles. The van der Waals surface area contributed by atoms with Crippen LogP contribution in [-0.2, 0) is 10.1 Å². The van der Waals surface area contributed by atoms with Crippen molar-refractivity contribution in [1.29, 1.82) is 0 Å². The molecule has 0 aliphatic carbocycles. The lowest BCUT2D eigenvalue weighted by Gasteiger charge is -2.01. The number of furan rings is 1. The molecule has 2 aromatic rings. The van der Waals surface area contributed by atoms with Crippen molar-refractivity contribution in [2.45, 2.75) is 5.09 Å². The van der Waals surface area contributed by atoms with Crippen LogP contribution >= 0.6 is 11.6 Å². The van der Waals surface area contributed by atoms with Crippen molar-refractivity contribution < 1.29 is 22.2 Å². The highest BCUT2D eigenvalue weighted by Gasteiger charge is 2.09. The number of hydrazone groups is 1. The first-order chi connectivity index (χ1) is 9.88. The van der Waals surface area contributed by atoms with Crippen molar-refractivity contribution in [2.24, 2.45) is 5.10 Å². The normalized spacial score (nSPS) is 11.7. The smallest absolute Gasteiger partial charge is 0.272 e. The van der Waals surface area contributed by atoms with Gasteiger partial charge < -0.3 is 8.97 Å². The number of benzene rings is 1. The van der Waals surface area contributed by atoms with Gasteiger partial charge >= 0.3 is 0 Å². The highest BCUT2D eigenvalue weighted by molar-refractivity contribution is 7.85. The molecule has 1 aromatic heterocycles. The Morgan fingerprint density at radius 3 is 2.62 bits per heavy atom. The lowest BCUT2D eigenvalue weighted by molar-refractivity contribution is 0.0955. The summed E-state index contributed by atoms with van der Waals surface area (Å²) in [7, 11) is -4.66. The summed E-state index contributed by atoms with van der Waals surface area (Å²) in [6.45, 7) is 0. The summed E-state index contributed by atoms with van der Waals surface area (Å²) < 4.78 is 36.7. The van der Waals surface area contributed by atoms with Gasteiger partial charge in [0, 0.05) is 0 Å². The van der Waals surface area contributed by atoms with Gasteiger partial charge in [0.05, 0.1) is 16.8 Å². The van der Waals surface area contributed by atoms with Crippen LogP contribution in [0.3, 0.4) is 0 Å². The molecule has 0 spiro atoms. The molecule has 0 radical (unpaired) electrons. The lowest BCUT2D eigenvalue weighted by Crippen LogP contribution is -2.17. The maximum Gasteiger partial charge on any atom is 0.272 e. The highest BCUT2D eigenvalue weighted by atomic mass is 35.5. The number of carbonyl (C=O) groups excluding carboxylic acids is 1. The number of amides is 1. The molecule has 1 aromatic carbocycles. The fourth-order valence-corrected chi connectivity index (χ4v) is 2.05. The maximum absolute atomic E-state index is 11.7. The molecule has 110 valence electrons. The number of nitrogens with zero attached hydrogens (tertiary/aromatic N) is 1. The van der Waals surface area contributed by atoms with Gasteiger partial charge in [0.1, 0.15) is 5.76 Å². The molecule has 2 rings (SSSR count). The Morgan fingerprint density at radius 2 is 2.00 bits per heavy atom. The number of rotatable bonds is 4. The van der Waals surface area contributed by atoms with Gasteiger partial charge in [0.25, 0.3) is 5.91 Å². The lowest BCUT2D eigenvalue weighted by atomic mass is 10.2. The third-order valence-electron chi connectivity index (χ3n) is 2.32. The minimum atomic E-state index is -4.66. The van der Waals surface area contributed by atoms with Crippen LogP contribution < -0.4 is 5.43 Å². The van der Waals surface area contributed by atoms with Crippen LogP contribution in [0.25, 0.3) is 0 Å². The number of nitrogens with one attached hydrogen (secondary N) is 1. The molecule has 0 unspecified atom stereocenters. The molecule has 9 heteroatoms. The number of carbonyl (C=O) groups is 1. The zero-order chi connectivity index (χ0) is 15.5. The van der Waals surface area contributed by atoms with Crippen molar-refractivity contribution in [3.8, 4) is 0 Å². The fourth-order valence-electron chi connectivity index (χ4n) is 1.40. The second kappa shape index (κ2) is 6.08. The Bertz CT molecular complexity index is 797. The van der Waals surface area contributed by atoms with Crippen molar-refractivity contribution in [1.82, 2.24) is 5.43 Å². The Morgan fingerprint density at radius 1 is 1.29 bits per heavy atom. The summed E-state index contributed by atoms with van der Waals surface area (Å²) in [5.74, 6) is -0.538. The topological polar surface area (TPSA) is 112 Å². The van der Waals surface area contributed by atoms with Gasteiger partial charge in [-0.3, -0.25) is 4.79 Å². The van der Waals surface area contributed by atoms with Gasteiger partial charge in [-0.2, -0.15) is 5.10 Å². The number of hydrogen-bond donors (Lipinski definition) is 1. The van der Waals surface area contributed by atoms with Gasteiger partial charge in [0.2, 0.25) is 5.09 Å². The van der Waals surface area contributed by atoms with E-state index < -0.39 is 21.1 Å². The molecular formula is C12H8ClN2O5S-. The largest absolute Gasteiger partial charge is 0.742 e. The standard InChI is InChI=1S/C12H9ClN2O5S/c13-10-4-2-1-3-9(10)12(16)15-14-7-8-5-6-11(20-8)21(17,18)19/h1-7H,(H,15,16)(H,17,18,19)/p-1/b14-7+. The predicted molar refractivity (Wildman–Crippen MR) is 73.2 cm³/mol. The third kappa shape index (κ3) is 3.91. The van der Waals surface area contributed by atoms with Gasteiger partial charge in [-0.05, 0) is 24.3 Å². The molecule has 0 saturated heterocycles. The van der Waals surface area contributed by atoms with Crippen LogP contribution in [0.2, 0.25) is 5.02 Å². The van der Waals surface area contributed by atoms with Crippen molar-refractivity contribution in [3.05, 3.63) is 52.7 Å². The zero-order valence-electron chi connectivity index (χ0n) is 10.3. The minimum Gasteiger partial charge on any atom is -0.742 e. The van der Waals surface area contributed by atoms with Crippen LogP contribution in [0, 0.1) is 0 Å². The van der Waals surface area contributed by atoms with Gasteiger partial charge in [-0.25, -0.2) is 13.8 Å². The van der Waals surface area contributed by atoms with E-state index in [9.17, 15) is 17.8 Å². The van der Waals surface area contributed by atoms with E-state index in [0.29, 0.717) is 0 Å². The van der Waals surface area contributed by atoms with E-state index in [4.69, 9.17) is 16.0 Å². The van der Waals surface area contributed by atoms with E-state index in [-0.39, 0.29) is 16.3 Å². The van der Waals surface area contributed by atoms with Gasteiger partial charge in [0.15, 0.2) is 10.1 Å². The van der Waals surface area contributed by atoms with Crippen molar-refractivity contribution in [3.63, 3.8) is 0 Å². The summed E-state index contributed by atoms with van der Waals surface area (Å²) in [4.78, 5) is 11.7. The first-order valence-corrected chi connectivity index (χ1v) is 7.30. The molecule has 1 heterocycles. The van der Waals surface area contributed by atoms with E-state index in [1.54, 1.807) is 18.2 Å². The maximum atomic E-state index is 11.7. The molecule has 0 atom stereocenters. The Balaban J connectivity index is 2.05. The van der Waals surface area contributed by atoms with Gasteiger partial charge in [-0.15, -0.1) is 0 Å². The Hall–Kier alpha value is -2.16. The Kier molecular flexibility index (Phi) is 4.41. The van der Waals surface area contributed by atoms with Crippen LogP contribution in [0.4, 0.5) is 0 Å². The SMILES string of the molecule is O=C(N/N=C/c1ccc(S(=O)(=O)[O-])o1)c1ccccc1Cl. The molecule has 0 aliphatic heterocycles. The molecule has 1 amide bonds. The second-order valence-corrected chi connectivity index (χ2v) is 5.51. The number of hydrogen-bond acceptors (Lipinski definition) is 6. The minimum absolute atomic E-state index is 0.00360. The fraction of sp³-hybridized carbons (Fsp3) is 0. The van der Waals surface area contributed by atoms with E-state index in [2.05, 4.69) is 10.5 Å². The zero-order valence-corrected chi connectivity index (χ0v) is 11.9. The number of halogens is 1. The van der Waals surface area contributed by atoms with E-state index in [1.807, 2.05) is 0 Å². The summed E-state index contributed by atoms with van der Waals surface area (Å²) in [5, 5.41) is 3.13. The van der Waals surface area contributed by atoms with E-state index in [1.165, 1.54) is 12.1 Å². The summed E-state index contributed by atoms with van der Waals surface area (Å²) >= 11 is 5.84. The van der Waals surface area contributed by atoms with Crippen molar-refractivity contribution >= 4 is 33.8 Å². The van der Waals surface area contributed by atoms with E-state index in [0.717, 1.165) is 12.3 Å². The van der Waals surface area contributed by atoms with Crippen LogP contribution in [0.1, 0.15) is 16.1 Å². The van der Waals surface area contributed by atoms with Crippen LogP contribution in [0.15, 0.2) is 51.0 Å². The molecule has 21 heavy (non-hydrogen) atoms. The van der Waals surface area contributed by atoms with Gasteiger partial charge in [-0.1, -0.05) is 23.7 Å². The molecule has 0 bridgehead atoms. The predicted octanol–water partition coefficient (Wildman–Crippen LogP) is 1.60. The average Bonchev–Trinajstić information content (AvgIpc) is 2.88. The first kappa shape index (κ1) is 15.2. The quantitative estimate of drug-likeness (QED) is 0.520. The van der Waals surface area contributed by atoms with Crippen molar-refractivity contribution in [2.75, 3.05) is 0 Å². The highest BCUT2D eigenvalue weighted by Crippen LogP contribution is 2.14. The van der Waals surface area contributed by atoms with Crippen LogP contribution in [-0.4, -0.2) is 25.1 Å². The summed E-state index contributed by atoms with van der Waals surface area (Å²) in [6, 6.07) is 8.62. The van der Waals surface area contributed by atoms with E-state index >= 15 is 0 Å². The molecule has 7 nitrogen and oxygen atoms in total. The summed E-state index contributed by atoms with van der Waals surface area (Å²) in [5.41, 5.74) is 2.43. The molecule has 0 aliphatic rings. The molecule has 1 N–H and O–H groups in total. The average molecular weight is 328 g/mol. The third-order valence-corrected chi connectivity index (χ3v) is 3.37. The second-order valence-electron chi connectivity index (χ2n) is 3.79. The first-order valence-electron chi connectivity index (χ1n) is 5.51. The van der Waals surface area contributed by atoms with Crippen LogP contribution in [0.5, 0.6) is 0 Å². The Labute approximate surface area is 125 Å².